The fourth-order valence-corrected chi connectivity index (χ4v) is 3.95. The maximum absolute atomic E-state index is 13.9. The maximum Gasteiger partial charge on any atom is 0.152 e. The van der Waals surface area contributed by atoms with Crippen LogP contribution in [0, 0.1) is 11.6 Å². The SMILES string of the molecule is NC(=S)c1cc(F)c(NC2CCCS(=O)(=O)C2)c(F)c1. The van der Waals surface area contributed by atoms with Crippen LogP contribution in [0.2, 0.25) is 0 Å². The van der Waals surface area contributed by atoms with E-state index in [1.54, 1.807) is 0 Å². The summed E-state index contributed by atoms with van der Waals surface area (Å²) in [6, 6.07) is 1.57. The molecule has 2 rings (SSSR count). The summed E-state index contributed by atoms with van der Waals surface area (Å²) in [6.07, 6.45) is 1.03. The van der Waals surface area contributed by atoms with Crippen molar-refractivity contribution in [2.45, 2.75) is 18.9 Å². The van der Waals surface area contributed by atoms with Crippen molar-refractivity contribution >= 4 is 32.7 Å². The van der Waals surface area contributed by atoms with Crippen molar-refractivity contribution in [3.8, 4) is 0 Å². The zero-order chi connectivity index (χ0) is 14.9. The van der Waals surface area contributed by atoms with Crippen molar-refractivity contribution in [3.63, 3.8) is 0 Å². The Labute approximate surface area is 121 Å². The number of hydrogen-bond acceptors (Lipinski definition) is 4. The van der Waals surface area contributed by atoms with E-state index >= 15 is 0 Å². The molecule has 20 heavy (non-hydrogen) atoms. The second-order valence-corrected chi connectivity index (χ2v) is 7.45. The van der Waals surface area contributed by atoms with E-state index < -0.39 is 27.5 Å². The summed E-state index contributed by atoms with van der Waals surface area (Å²) in [5, 5.41) is 2.63. The monoisotopic (exact) mass is 320 g/mol. The highest BCUT2D eigenvalue weighted by Crippen LogP contribution is 2.24. The molecule has 110 valence electrons. The molecule has 1 saturated heterocycles. The molecule has 1 aliphatic rings. The summed E-state index contributed by atoms with van der Waals surface area (Å²) < 4.78 is 50.7. The van der Waals surface area contributed by atoms with E-state index in [1.807, 2.05) is 0 Å². The Morgan fingerprint density at radius 2 is 1.95 bits per heavy atom. The van der Waals surface area contributed by atoms with Crippen LogP contribution in [0.5, 0.6) is 0 Å². The smallest absolute Gasteiger partial charge is 0.152 e. The molecule has 1 heterocycles. The topological polar surface area (TPSA) is 72.2 Å². The summed E-state index contributed by atoms with van der Waals surface area (Å²) in [4.78, 5) is -0.102. The molecule has 0 spiro atoms. The minimum Gasteiger partial charge on any atom is -0.389 e. The molecule has 0 radical (unpaired) electrons. The zero-order valence-corrected chi connectivity index (χ0v) is 12.2. The van der Waals surface area contributed by atoms with Gasteiger partial charge in [0.2, 0.25) is 0 Å². The van der Waals surface area contributed by atoms with Crippen LogP contribution in [0.4, 0.5) is 14.5 Å². The third kappa shape index (κ3) is 3.43. The van der Waals surface area contributed by atoms with Gasteiger partial charge in [0.1, 0.15) is 22.3 Å². The average molecular weight is 320 g/mol. The lowest BCUT2D eigenvalue weighted by atomic mass is 10.1. The van der Waals surface area contributed by atoms with Crippen molar-refractivity contribution in [1.82, 2.24) is 0 Å². The van der Waals surface area contributed by atoms with Crippen LogP contribution in [-0.4, -0.2) is 31.0 Å². The fourth-order valence-electron chi connectivity index (χ4n) is 2.19. The van der Waals surface area contributed by atoms with Gasteiger partial charge in [-0.1, -0.05) is 12.2 Å². The minimum atomic E-state index is -3.15. The Bertz CT molecular complexity index is 624. The number of sulfone groups is 1. The van der Waals surface area contributed by atoms with Crippen molar-refractivity contribution in [3.05, 3.63) is 29.3 Å². The number of nitrogens with two attached hydrogens (primary N) is 1. The van der Waals surface area contributed by atoms with Gasteiger partial charge in [0, 0.05) is 11.6 Å². The van der Waals surface area contributed by atoms with Gasteiger partial charge in [-0.05, 0) is 25.0 Å². The van der Waals surface area contributed by atoms with E-state index in [0.717, 1.165) is 12.1 Å². The van der Waals surface area contributed by atoms with Crippen molar-refractivity contribution in [2.24, 2.45) is 5.73 Å². The molecule has 1 aromatic rings. The number of benzene rings is 1. The molecule has 1 fully saturated rings. The quantitative estimate of drug-likeness (QED) is 0.828. The van der Waals surface area contributed by atoms with Crippen LogP contribution in [-0.2, 0) is 9.84 Å². The van der Waals surface area contributed by atoms with E-state index in [0.29, 0.717) is 12.8 Å². The van der Waals surface area contributed by atoms with Crippen LogP contribution >= 0.6 is 12.2 Å². The summed E-state index contributed by atoms with van der Waals surface area (Å²) >= 11 is 4.66. The van der Waals surface area contributed by atoms with Gasteiger partial charge < -0.3 is 11.1 Å². The van der Waals surface area contributed by atoms with E-state index in [9.17, 15) is 17.2 Å². The van der Waals surface area contributed by atoms with Crippen molar-refractivity contribution in [2.75, 3.05) is 16.8 Å². The van der Waals surface area contributed by atoms with Gasteiger partial charge in [-0.15, -0.1) is 0 Å². The molecule has 1 aromatic carbocycles. The Morgan fingerprint density at radius 1 is 1.35 bits per heavy atom. The number of anilines is 1. The first kappa shape index (κ1) is 15.1. The van der Waals surface area contributed by atoms with Crippen molar-refractivity contribution in [1.29, 1.82) is 0 Å². The van der Waals surface area contributed by atoms with Gasteiger partial charge in [0.05, 0.1) is 11.5 Å². The number of hydrogen-bond donors (Lipinski definition) is 2. The first-order valence-electron chi connectivity index (χ1n) is 6.04. The molecule has 8 heteroatoms. The van der Waals surface area contributed by atoms with Crippen LogP contribution in [0.25, 0.3) is 0 Å². The van der Waals surface area contributed by atoms with Gasteiger partial charge in [-0.25, -0.2) is 17.2 Å². The molecule has 0 aromatic heterocycles. The summed E-state index contributed by atoms with van der Waals surface area (Å²) in [6.45, 7) is 0. The van der Waals surface area contributed by atoms with Crippen LogP contribution < -0.4 is 11.1 Å². The molecule has 3 N–H and O–H groups in total. The third-order valence-corrected chi connectivity index (χ3v) is 5.19. The van der Waals surface area contributed by atoms with Crippen LogP contribution in [0.15, 0.2) is 12.1 Å². The Morgan fingerprint density at radius 3 is 2.45 bits per heavy atom. The zero-order valence-electron chi connectivity index (χ0n) is 10.5. The summed E-state index contributed by atoms with van der Waals surface area (Å²) in [5.74, 6) is -1.68. The van der Waals surface area contributed by atoms with Gasteiger partial charge in [-0.3, -0.25) is 0 Å². The maximum atomic E-state index is 13.9. The first-order chi connectivity index (χ1) is 9.28. The molecule has 1 unspecified atom stereocenters. The highest BCUT2D eigenvalue weighted by Gasteiger charge is 2.26. The largest absolute Gasteiger partial charge is 0.389 e. The first-order valence-corrected chi connectivity index (χ1v) is 8.27. The standard InChI is InChI=1S/C12H14F2N2O2S2/c13-9-4-7(12(15)19)5-10(14)11(9)16-8-2-1-3-20(17,18)6-8/h4-5,8,16H,1-3,6H2,(H2,15,19). The Balaban J connectivity index is 2.23. The lowest BCUT2D eigenvalue weighted by Gasteiger charge is -2.24. The second kappa shape index (κ2) is 5.61. The normalized spacial score (nSPS) is 21.4. The highest BCUT2D eigenvalue weighted by molar-refractivity contribution is 7.91. The molecule has 0 aliphatic carbocycles. The third-order valence-electron chi connectivity index (χ3n) is 3.14. The summed E-state index contributed by atoms with van der Waals surface area (Å²) in [7, 11) is -3.15. The second-order valence-electron chi connectivity index (χ2n) is 4.78. The van der Waals surface area contributed by atoms with E-state index in [1.165, 1.54) is 0 Å². The molecule has 0 bridgehead atoms. The molecular weight excluding hydrogens is 306 g/mol. The van der Waals surface area contributed by atoms with Gasteiger partial charge in [-0.2, -0.15) is 0 Å². The number of thiocarbonyl (C=S) groups is 1. The molecule has 1 aliphatic heterocycles. The molecule has 0 amide bonds. The average Bonchev–Trinajstić information content (AvgIpc) is 2.32. The molecular formula is C12H14F2N2O2S2. The molecule has 1 atom stereocenters. The number of halogens is 2. The van der Waals surface area contributed by atoms with Gasteiger partial charge in [0.25, 0.3) is 0 Å². The predicted molar refractivity (Wildman–Crippen MR) is 77.5 cm³/mol. The summed E-state index contributed by atoms with van der Waals surface area (Å²) in [5.41, 5.74) is 5.07. The number of nitrogens with one attached hydrogen (secondary N) is 1. The van der Waals surface area contributed by atoms with Gasteiger partial charge in [0.15, 0.2) is 9.84 Å². The van der Waals surface area contributed by atoms with Gasteiger partial charge >= 0.3 is 0 Å². The Hall–Kier alpha value is -1.28. The lowest BCUT2D eigenvalue weighted by molar-refractivity contribution is 0.551. The Kier molecular flexibility index (Phi) is 4.24. The minimum absolute atomic E-state index is 0.0943. The predicted octanol–water partition coefficient (Wildman–Crippen LogP) is 1.59. The highest BCUT2D eigenvalue weighted by atomic mass is 32.2. The van der Waals surface area contributed by atoms with Crippen molar-refractivity contribution < 1.29 is 17.2 Å². The van der Waals surface area contributed by atoms with E-state index in [2.05, 4.69) is 17.5 Å². The molecule has 4 nitrogen and oxygen atoms in total. The number of rotatable bonds is 3. The van der Waals surface area contributed by atoms with E-state index in [-0.39, 0.29) is 27.7 Å². The molecule has 0 saturated carbocycles. The fraction of sp³-hybridized carbons (Fsp3) is 0.417. The van der Waals surface area contributed by atoms with Crippen LogP contribution in [0.1, 0.15) is 18.4 Å². The van der Waals surface area contributed by atoms with E-state index in [4.69, 9.17) is 5.73 Å². The van der Waals surface area contributed by atoms with Crippen LogP contribution in [0.3, 0.4) is 0 Å². The lowest BCUT2D eigenvalue weighted by Crippen LogP contribution is -2.35.